The maximum atomic E-state index is 11.0. The fourth-order valence-electron chi connectivity index (χ4n) is 2.16. The number of carbonyl (C=O) groups excluding carboxylic acids is 1. The Kier molecular flexibility index (Phi) is 3.79. The van der Waals surface area contributed by atoms with E-state index in [9.17, 15) is 9.90 Å². The predicted molar refractivity (Wildman–Crippen MR) is 70.2 cm³/mol. The minimum absolute atomic E-state index is 0.0993. The topological polar surface area (TPSA) is 59.0 Å². The number of hydrogen-bond acceptors (Lipinski definition) is 5. The summed E-state index contributed by atoms with van der Waals surface area (Å²) in [5.74, 6) is 2.78. The molecule has 0 saturated carbocycles. The van der Waals surface area contributed by atoms with Gasteiger partial charge in [0, 0.05) is 6.54 Å². The second kappa shape index (κ2) is 5.34. The molecule has 1 aliphatic heterocycles. The average Bonchev–Trinajstić information content (AvgIpc) is 2.68. The Hall–Kier alpha value is -1.97. The SMILES string of the molecule is CCOC1=c2c(ccc(O)c2=C=O)OC1CN(C)C. The smallest absolute Gasteiger partial charge is 0.169 e. The van der Waals surface area contributed by atoms with Crippen LogP contribution in [0.25, 0.3) is 5.76 Å². The number of fused-ring (bicyclic) bond motifs is 1. The average molecular weight is 263 g/mol. The van der Waals surface area contributed by atoms with Crippen LogP contribution in [0.15, 0.2) is 12.1 Å². The molecule has 1 heterocycles. The lowest BCUT2D eigenvalue weighted by molar-refractivity contribution is 0.166. The van der Waals surface area contributed by atoms with E-state index in [1.165, 1.54) is 6.07 Å². The van der Waals surface area contributed by atoms with Crippen LogP contribution in [0, 0.1) is 0 Å². The van der Waals surface area contributed by atoms with Crippen molar-refractivity contribution in [1.29, 1.82) is 0 Å². The summed E-state index contributed by atoms with van der Waals surface area (Å²) in [7, 11) is 3.86. The fourth-order valence-corrected chi connectivity index (χ4v) is 2.16. The molecule has 5 nitrogen and oxygen atoms in total. The summed E-state index contributed by atoms with van der Waals surface area (Å²) in [5.41, 5.74) is 0. The molecule has 2 rings (SSSR count). The van der Waals surface area contributed by atoms with Crippen LogP contribution in [0.1, 0.15) is 6.92 Å². The molecule has 1 aliphatic rings. The molecule has 0 aromatic heterocycles. The van der Waals surface area contributed by atoms with Gasteiger partial charge in [-0.25, -0.2) is 4.79 Å². The Bertz CT molecular complexity index is 617. The molecule has 0 spiro atoms. The maximum absolute atomic E-state index is 11.0. The largest absolute Gasteiger partial charge is 0.507 e. The molecule has 0 fully saturated rings. The third-order valence-corrected chi connectivity index (χ3v) is 2.89. The van der Waals surface area contributed by atoms with E-state index in [4.69, 9.17) is 9.47 Å². The van der Waals surface area contributed by atoms with Gasteiger partial charge in [0.25, 0.3) is 0 Å². The molecule has 5 heteroatoms. The number of phenolic OH excluding ortho intramolecular Hbond substituents is 1. The fraction of sp³-hybridized carbons (Fsp3) is 0.429. The lowest BCUT2D eigenvalue weighted by Crippen LogP contribution is -2.32. The zero-order valence-corrected chi connectivity index (χ0v) is 11.3. The second-order valence-corrected chi connectivity index (χ2v) is 4.60. The highest BCUT2D eigenvalue weighted by molar-refractivity contribution is 5.61. The van der Waals surface area contributed by atoms with Crippen LogP contribution in [0.2, 0.25) is 0 Å². The summed E-state index contributed by atoms with van der Waals surface area (Å²) in [4.78, 5) is 13.0. The zero-order chi connectivity index (χ0) is 14.0. The number of aromatic hydroxyl groups is 1. The van der Waals surface area contributed by atoms with E-state index >= 15 is 0 Å². The van der Waals surface area contributed by atoms with Gasteiger partial charge in [0.05, 0.1) is 11.8 Å². The van der Waals surface area contributed by atoms with Crippen LogP contribution in [0.4, 0.5) is 0 Å². The van der Waals surface area contributed by atoms with Crippen LogP contribution in [-0.2, 0) is 9.53 Å². The van der Waals surface area contributed by atoms with Crippen molar-refractivity contribution in [3.05, 3.63) is 22.6 Å². The zero-order valence-electron chi connectivity index (χ0n) is 11.3. The Balaban J connectivity index is 2.66. The normalized spacial score (nSPS) is 17.1. The van der Waals surface area contributed by atoms with Crippen molar-refractivity contribution in [2.24, 2.45) is 0 Å². The van der Waals surface area contributed by atoms with Crippen molar-refractivity contribution in [2.45, 2.75) is 13.0 Å². The lowest BCUT2D eigenvalue weighted by atomic mass is 10.2. The predicted octanol–water partition coefficient (Wildman–Crippen LogP) is -0.637. The molecule has 1 aromatic carbocycles. The van der Waals surface area contributed by atoms with E-state index < -0.39 is 0 Å². The van der Waals surface area contributed by atoms with Gasteiger partial charge in [-0.1, -0.05) is 0 Å². The molecule has 1 N–H and O–H groups in total. The van der Waals surface area contributed by atoms with Gasteiger partial charge in [-0.3, -0.25) is 0 Å². The first kappa shape index (κ1) is 13.5. The van der Waals surface area contributed by atoms with Crippen LogP contribution < -0.4 is 15.2 Å². The van der Waals surface area contributed by atoms with Crippen molar-refractivity contribution in [2.75, 3.05) is 27.2 Å². The number of ether oxygens (including phenoxy) is 2. The third kappa shape index (κ3) is 2.43. The minimum Gasteiger partial charge on any atom is -0.507 e. The van der Waals surface area contributed by atoms with Crippen molar-refractivity contribution >= 4 is 11.7 Å². The third-order valence-electron chi connectivity index (χ3n) is 2.89. The molecular formula is C14H17NO4. The molecule has 102 valence electrons. The summed E-state index contributed by atoms with van der Waals surface area (Å²) in [6, 6.07) is 3.07. The first-order chi connectivity index (χ1) is 9.08. The Morgan fingerprint density at radius 3 is 2.79 bits per heavy atom. The van der Waals surface area contributed by atoms with Gasteiger partial charge >= 0.3 is 0 Å². The molecule has 1 unspecified atom stereocenters. The molecule has 1 aromatic rings. The van der Waals surface area contributed by atoms with Crippen molar-refractivity contribution in [3.63, 3.8) is 0 Å². The van der Waals surface area contributed by atoms with Gasteiger partial charge in [-0.05, 0) is 33.2 Å². The number of benzene rings is 1. The van der Waals surface area contributed by atoms with Gasteiger partial charge in [-0.2, -0.15) is 0 Å². The monoisotopic (exact) mass is 263 g/mol. The van der Waals surface area contributed by atoms with Crippen LogP contribution >= 0.6 is 0 Å². The quantitative estimate of drug-likeness (QED) is 0.783. The molecular weight excluding hydrogens is 246 g/mol. The van der Waals surface area contributed by atoms with Crippen LogP contribution in [0.3, 0.4) is 0 Å². The van der Waals surface area contributed by atoms with Gasteiger partial charge in [0.15, 0.2) is 11.9 Å². The maximum Gasteiger partial charge on any atom is 0.169 e. The summed E-state index contributed by atoms with van der Waals surface area (Å²) in [6.07, 6.45) is -0.279. The summed E-state index contributed by atoms with van der Waals surface area (Å²) >= 11 is 0. The van der Waals surface area contributed by atoms with E-state index in [1.54, 1.807) is 12.0 Å². The van der Waals surface area contributed by atoms with E-state index in [1.807, 2.05) is 25.9 Å². The first-order valence-electron chi connectivity index (χ1n) is 6.14. The molecule has 1 atom stereocenters. The number of hydrogen-bond donors (Lipinski definition) is 1. The van der Waals surface area contributed by atoms with E-state index in [0.717, 1.165) is 0 Å². The lowest BCUT2D eigenvalue weighted by Gasteiger charge is -2.19. The Morgan fingerprint density at radius 1 is 1.47 bits per heavy atom. The Labute approximate surface area is 111 Å². The standard InChI is InChI=1S/C14H17NO4/c1-4-18-14-12(7-15(2)3)19-11-6-5-10(17)9(8-16)13(11)14/h5-6,12,17H,4,7H2,1-3H3. The first-order valence-corrected chi connectivity index (χ1v) is 6.14. The van der Waals surface area contributed by atoms with Gasteiger partial charge in [0.1, 0.15) is 22.7 Å². The second-order valence-electron chi connectivity index (χ2n) is 4.60. The van der Waals surface area contributed by atoms with Crippen molar-refractivity contribution in [3.8, 4) is 11.5 Å². The van der Waals surface area contributed by atoms with E-state index in [0.29, 0.717) is 29.9 Å². The van der Waals surface area contributed by atoms with Crippen molar-refractivity contribution < 1.29 is 19.4 Å². The highest BCUT2D eigenvalue weighted by Crippen LogP contribution is 2.21. The molecule has 19 heavy (non-hydrogen) atoms. The molecule has 0 bridgehead atoms. The number of nitrogens with zero attached hydrogens (tertiary/aromatic N) is 1. The number of phenols is 1. The molecule has 0 saturated heterocycles. The highest BCUT2D eigenvalue weighted by atomic mass is 16.5. The van der Waals surface area contributed by atoms with Crippen LogP contribution in [-0.4, -0.2) is 49.3 Å². The highest BCUT2D eigenvalue weighted by Gasteiger charge is 2.28. The van der Waals surface area contributed by atoms with E-state index in [-0.39, 0.29) is 17.1 Å². The minimum atomic E-state index is -0.279. The summed E-state index contributed by atoms with van der Waals surface area (Å²) < 4.78 is 11.4. The molecule has 0 aliphatic carbocycles. The number of rotatable bonds is 4. The van der Waals surface area contributed by atoms with Gasteiger partial charge in [-0.15, -0.1) is 0 Å². The van der Waals surface area contributed by atoms with Gasteiger partial charge < -0.3 is 19.5 Å². The molecule has 0 amide bonds. The number of likely N-dealkylation sites (N-methyl/N-ethyl adjacent to an activating group) is 1. The van der Waals surface area contributed by atoms with Gasteiger partial charge in [0.2, 0.25) is 0 Å². The van der Waals surface area contributed by atoms with Crippen molar-refractivity contribution in [1.82, 2.24) is 4.90 Å². The summed E-state index contributed by atoms with van der Waals surface area (Å²) in [5, 5.41) is 10.3. The molecule has 0 radical (unpaired) electrons. The Morgan fingerprint density at radius 2 is 2.21 bits per heavy atom. The van der Waals surface area contributed by atoms with Crippen LogP contribution in [0.5, 0.6) is 11.5 Å². The van der Waals surface area contributed by atoms with E-state index in [2.05, 4.69) is 0 Å². The summed E-state index contributed by atoms with van der Waals surface area (Å²) in [6.45, 7) is 2.96.